The molecule has 2 rings (SSSR count). The number of rotatable bonds is 2. The number of hydrogen-bond acceptors (Lipinski definition) is 5. The highest BCUT2D eigenvalue weighted by Crippen LogP contribution is 2.17. The van der Waals surface area contributed by atoms with Gasteiger partial charge in [0.05, 0.1) is 0 Å². The number of hydrogen-bond donors (Lipinski definition) is 2. The predicted molar refractivity (Wildman–Crippen MR) is 69.9 cm³/mol. The van der Waals surface area contributed by atoms with Gasteiger partial charge in [0, 0.05) is 38.4 Å². The molecule has 0 aromatic carbocycles. The molecular formula is C11H14N4O3S. The van der Waals surface area contributed by atoms with E-state index in [0.29, 0.717) is 36.9 Å². The summed E-state index contributed by atoms with van der Waals surface area (Å²) in [6.07, 6.45) is 0.300. The van der Waals surface area contributed by atoms with E-state index in [1.165, 1.54) is 18.3 Å². The van der Waals surface area contributed by atoms with Crippen molar-refractivity contribution in [3.63, 3.8) is 0 Å². The van der Waals surface area contributed by atoms with Crippen molar-refractivity contribution in [2.75, 3.05) is 25.0 Å². The zero-order valence-electron chi connectivity index (χ0n) is 10.4. The van der Waals surface area contributed by atoms with E-state index in [0.717, 1.165) is 0 Å². The van der Waals surface area contributed by atoms with Crippen LogP contribution in [0, 0.1) is 0 Å². The molecule has 0 saturated carbocycles. The maximum atomic E-state index is 12.2. The third kappa shape index (κ3) is 3.50. The van der Waals surface area contributed by atoms with E-state index in [4.69, 9.17) is 0 Å². The minimum Gasteiger partial charge on any atom is -0.354 e. The maximum absolute atomic E-state index is 12.2. The average molecular weight is 282 g/mol. The molecule has 0 unspecified atom stereocenters. The topological polar surface area (TPSA) is 91.4 Å². The molecule has 8 heteroatoms. The van der Waals surface area contributed by atoms with E-state index in [9.17, 15) is 14.4 Å². The quantitative estimate of drug-likeness (QED) is 0.802. The fraction of sp³-hybridized carbons (Fsp3) is 0.455. The molecule has 0 atom stereocenters. The number of amides is 3. The SMILES string of the molecule is CC(=O)Nc1nc(C(=O)N2CCNC(=O)CC2)cs1. The minimum absolute atomic E-state index is 0.0486. The summed E-state index contributed by atoms with van der Waals surface area (Å²) in [6, 6.07) is 0. The van der Waals surface area contributed by atoms with Gasteiger partial charge in [0.25, 0.3) is 5.91 Å². The molecule has 0 radical (unpaired) electrons. The van der Waals surface area contributed by atoms with Crippen molar-refractivity contribution in [2.45, 2.75) is 13.3 Å². The van der Waals surface area contributed by atoms with Gasteiger partial charge in [-0.1, -0.05) is 0 Å². The second-order valence-corrected chi connectivity index (χ2v) is 4.97. The number of nitrogens with one attached hydrogen (secondary N) is 2. The fourth-order valence-electron chi connectivity index (χ4n) is 1.71. The normalized spacial score (nSPS) is 15.6. The number of nitrogens with zero attached hydrogens (tertiary/aromatic N) is 2. The Morgan fingerprint density at radius 1 is 1.47 bits per heavy atom. The zero-order chi connectivity index (χ0) is 13.8. The highest BCUT2D eigenvalue weighted by molar-refractivity contribution is 7.14. The second kappa shape index (κ2) is 5.79. The van der Waals surface area contributed by atoms with Gasteiger partial charge in [0.2, 0.25) is 11.8 Å². The molecule has 0 bridgehead atoms. The lowest BCUT2D eigenvalue weighted by Gasteiger charge is -2.17. The standard InChI is InChI=1S/C11H14N4O3S/c1-7(16)13-11-14-8(6-19-11)10(18)15-4-2-9(17)12-3-5-15/h6H,2-5H2,1H3,(H,12,17)(H,13,14,16). The molecule has 0 aliphatic carbocycles. The highest BCUT2D eigenvalue weighted by Gasteiger charge is 2.21. The van der Waals surface area contributed by atoms with E-state index in [-0.39, 0.29) is 17.7 Å². The lowest BCUT2D eigenvalue weighted by atomic mass is 10.3. The lowest BCUT2D eigenvalue weighted by Crippen LogP contribution is -2.34. The molecule has 102 valence electrons. The lowest BCUT2D eigenvalue weighted by molar-refractivity contribution is -0.120. The summed E-state index contributed by atoms with van der Waals surface area (Å²) in [7, 11) is 0. The van der Waals surface area contributed by atoms with Crippen molar-refractivity contribution in [2.24, 2.45) is 0 Å². The Kier molecular flexibility index (Phi) is 4.10. The zero-order valence-corrected chi connectivity index (χ0v) is 11.2. The summed E-state index contributed by atoms with van der Waals surface area (Å²) in [6.45, 7) is 2.69. The van der Waals surface area contributed by atoms with Crippen LogP contribution in [0.3, 0.4) is 0 Å². The second-order valence-electron chi connectivity index (χ2n) is 4.11. The van der Waals surface area contributed by atoms with Crippen LogP contribution in [0.1, 0.15) is 23.8 Å². The van der Waals surface area contributed by atoms with Gasteiger partial charge >= 0.3 is 0 Å². The number of carbonyl (C=O) groups is 3. The Balaban J connectivity index is 2.04. The van der Waals surface area contributed by atoms with Crippen LogP contribution in [0.4, 0.5) is 5.13 Å². The smallest absolute Gasteiger partial charge is 0.273 e. The van der Waals surface area contributed by atoms with Crippen LogP contribution in [0.15, 0.2) is 5.38 Å². The summed E-state index contributed by atoms with van der Waals surface area (Å²) < 4.78 is 0. The largest absolute Gasteiger partial charge is 0.354 e. The van der Waals surface area contributed by atoms with Gasteiger partial charge in [-0.05, 0) is 0 Å². The van der Waals surface area contributed by atoms with Gasteiger partial charge in [0.1, 0.15) is 5.69 Å². The predicted octanol–water partition coefficient (Wildman–Crippen LogP) is 0.0636. The maximum Gasteiger partial charge on any atom is 0.273 e. The first-order chi connectivity index (χ1) is 9.06. The minimum atomic E-state index is -0.224. The van der Waals surface area contributed by atoms with E-state index in [1.54, 1.807) is 10.3 Å². The molecule has 2 N–H and O–H groups in total. The summed E-state index contributed by atoms with van der Waals surface area (Å²) in [5, 5.41) is 7.25. The van der Waals surface area contributed by atoms with Gasteiger partial charge in [-0.3, -0.25) is 14.4 Å². The monoisotopic (exact) mass is 282 g/mol. The van der Waals surface area contributed by atoms with Crippen molar-refractivity contribution in [1.82, 2.24) is 15.2 Å². The molecule has 0 spiro atoms. The molecule has 3 amide bonds. The molecule has 1 aliphatic rings. The van der Waals surface area contributed by atoms with Gasteiger partial charge in [-0.15, -0.1) is 11.3 Å². The molecule has 1 fully saturated rings. The first-order valence-corrected chi connectivity index (χ1v) is 6.73. The van der Waals surface area contributed by atoms with Crippen LogP contribution in [0.5, 0.6) is 0 Å². The van der Waals surface area contributed by atoms with Crippen molar-refractivity contribution < 1.29 is 14.4 Å². The van der Waals surface area contributed by atoms with Crippen LogP contribution < -0.4 is 10.6 Å². The average Bonchev–Trinajstić information content (AvgIpc) is 2.69. The molecular weight excluding hydrogens is 268 g/mol. The number of thiazole rings is 1. The molecule has 19 heavy (non-hydrogen) atoms. The summed E-state index contributed by atoms with van der Waals surface area (Å²) in [5.74, 6) is -0.491. The van der Waals surface area contributed by atoms with Crippen molar-refractivity contribution >= 4 is 34.2 Å². The summed E-state index contributed by atoms with van der Waals surface area (Å²) in [5.41, 5.74) is 0.295. The van der Waals surface area contributed by atoms with Crippen molar-refractivity contribution in [1.29, 1.82) is 0 Å². The van der Waals surface area contributed by atoms with Gasteiger partial charge in [-0.2, -0.15) is 0 Å². The molecule has 1 saturated heterocycles. The van der Waals surface area contributed by atoms with Crippen LogP contribution in [-0.2, 0) is 9.59 Å². The van der Waals surface area contributed by atoms with Crippen LogP contribution in [0.2, 0.25) is 0 Å². The molecule has 1 aliphatic heterocycles. The van der Waals surface area contributed by atoms with Crippen LogP contribution in [0.25, 0.3) is 0 Å². The Hall–Kier alpha value is -1.96. The fourth-order valence-corrected chi connectivity index (χ4v) is 2.44. The summed E-state index contributed by atoms with van der Waals surface area (Å²) >= 11 is 1.20. The molecule has 1 aromatic heterocycles. The third-order valence-corrected chi connectivity index (χ3v) is 3.36. The van der Waals surface area contributed by atoms with Gasteiger partial charge in [0.15, 0.2) is 5.13 Å². The van der Waals surface area contributed by atoms with Gasteiger partial charge in [-0.25, -0.2) is 4.98 Å². The first-order valence-electron chi connectivity index (χ1n) is 5.85. The number of carbonyl (C=O) groups excluding carboxylic acids is 3. The Bertz CT molecular complexity index is 514. The Labute approximate surface area is 114 Å². The van der Waals surface area contributed by atoms with E-state index >= 15 is 0 Å². The Morgan fingerprint density at radius 3 is 3.00 bits per heavy atom. The highest BCUT2D eigenvalue weighted by atomic mass is 32.1. The van der Waals surface area contributed by atoms with Gasteiger partial charge < -0.3 is 15.5 Å². The van der Waals surface area contributed by atoms with E-state index in [2.05, 4.69) is 15.6 Å². The van der Waals surface area contributed by atoms with Crippen LogP contribution in [-0.4, -0.2) is 47.2 Å². The molecule has 2 heterocycles. The van der Waals surface area contributed by atoms with Crippen molar-refractivity contribution in [3.8, 4) is 0 Å². The summed E-state index contributed by atoms with van der Waals surface area (Å²) in [4.78, 5) is 39.9. The first kappa shape index (κ1) is 13.5. The number of anilines is 1. The Morgan fingerprint density at radius 2 is 2.26 bits per heavy atom. The van der Waals surface area contributed by atoms with Crippen LogP contribution >= 0.6 is 11.3 Å². The molecule has 7 nitrogen and oxygen atoms in total. The van der Waals surface area contributed by atoms with E-state index < -0.39 is 0 Å². The third-order valence-electron chi connectivity index (χ3n) is 2.61. The number of aromatic nitrogens is 1. The van der Waals surface area contributed by atoms with E-state index in [1.807, 2.05) is 0 Å². The van der Waals surface area contributed by atoms with Crippen molar-refractivity contribution in [3.05, 3.63) is 11.1 Å². The molecule has 1 aromatic rings.